The Morgan fingerprint density at radius 2 is 1.72 bits per heavy atom. The first-order valence-corrected chi connectivity index (χ1v) is 12.9. The fourth-order valence-corrected chi connectivity index (χ4v) is 4.56. The van der Waals surface area contributed by atoms with E-state index in [9.17, 15) is 4.79 Å². The van der Waals surface area contributed by atoms with E-state index in [1.807, 2.05) is 90.4 Å². The zero-order chi connectivity index (χ0) is 28.4. The molecule has 11 heteroatoms. The maximum atomic E-state index is 13.7. The van der Waals surface area contributed by atoms with E-state index >= 15 is 0 Å². The Bertz CT molecular complexity index is 1520. The smallest absolute Gasteiger partial charge is 0.335 e. The van der Waals surface area contributed by atoms with Gasteiger partial charge in [0.25, 0.3) is 0 Å². The van der Waals surface area contributed by atoms with Gasteiger partial charge in [-0.15, -0.1) is 0 Å². The number of hydrogen-bond acceptors (Lipinski definition) is 9. The van der Waals surface area contributed by atoms with E-state index < -0.39 is 0 Å². The van der Waals surface area contributed by atoms with Crippen molar-refractivity contribution in [2.75, 3.05) is 76.3 Å². The number of likely N-dealkylation sites (N-methyl/N-ethyl adjacent to an activating group) is 2. The molecule has 0 aliphatic carbocycles. The highest BCUT2D eigenvalue weighted by Crippen LogP contribution is 2.36. The van der Waals surface area contributed by atoms with Crippen LogP contribution >= 0.6 is 0 Å². The molecule has 0 aliphatic heterocycles. The molecule has 0 radical (unpaired) electrons. The number of nitrogens with one attached hydrogen (secondary N) is 1. The van der Waals surface area contributed by atoms with Gasteiger partial charge in [0, 0.05) is 46.3 Å². The van der Waals surface area contributed by atoms with Crippen LogP contribution in [0.2, 0.25) is 0 Å². The molecule has 0 amide bonds. The van der Waals surface area contributed by atoms with Crippen molar-refractivity contribution in [1.82, 2.24) is 24.0 Å². The molecule has 0 spiro atoms. The molecule has 0 unspecified atom stereocenters. The summed E-state index contributed by atoms with van der Waals surface area (Å²) in [6, 6.07) is 11.4. The van der Waals surface area contributed by atoms with Gasteiger partial charge in [0.2, 0.25) is 5.95 Å². The Hall–Kier alpha value is -4.25. The monoisotopic (exact) mass is 533 g/mol. The topological polar surface area (TPSA) is 110 Å². The first kappa shape index (κ1) is 27.8. The number of nitrogens with zero attached hydrogens (tertiary/aromatic N) is 7. The first-order chi connectivity index (χ1) is 18.5. The Kier molecular flexibility index (Phi) is 8.01. The number of anilines is 5. The summed E-state index contributed by atoms with van der Waals surface area (Å²) >= 11 is 0. The molecule has 0 bridgehead atoms. The number of methoxy groups -OCH3 is 1. The Morgan fingerprint density at radius 1 is 1.03 bits per heavy atom. The summed E-state index contributed by atoms with van der Waals surface area (Å²) in [4.78, 5) is 29.2. The van der Waals surface area contributed by atoms with Gasteiger partial charge in [-0.3, -0.25) is 4.57 Å². The molecule has 0 saturated heterocycles. The SMILES string of the molecule is COc1cc(N(C)CCN(C)C)c(N)cc1Nc1ncc(N(C)C)c(-n2c(=O)n(C(C)C)c3ccccc32)n1. The maximum absolute atomic E-state index is 13.7. The van der Waals surface area contributed by atoms with Gasteiger partial charge in [0.05, 0.1) is 47.1 Å². The molecule has 11 nitrogen and oxygen atoms in total. The molecule has 0 saturated carbocycles. The summed E-state index contributed by atoms with van der Waals surface area (Å²) < 4.78 is 9.12. The molecule has 2 aromatic carbocycles. The summed E-state index contributed by atoms with van der Waals surface area (Å²) in [5, 5.41) is 3.26. The second kappa shape index (κ2) is 11.2. The molecule has 0 aliphatic rings. The van der Waals surface area contributed by atoms with Crippen molar-refractivity contribution in [2.45, 2.75) is 19.9 Å². The fraction of sp³-hybridized carbons (Fsp3) is 0.393. The average molecular weight is 534 g/mol. The van der Waals surface area contributed by atoms with Gasteiger partial charge < -0.3 is 30.5 Å². The maximum Gasteiger partial charge on any atom is 0.335 e. The van der Waals surface area contributed by atoms with E-state index in [2.05, 4.69) is 20.1 Å². The predicted molar refractivity (Wildman–Crippen MR) is 160 cm³/mol. The van der Waals surface area contributed by atoms with E-state index in [0.29, 0.717) is 34.6 Å². The lowest BCUT2D eigenvalue weighted by Gasteiger charge is -2.24. The van der Waals surface area contributed by atoms with Crippen LogP contribution in [0.4, 0.5) is 28.7 Å². The third kappa shape index (κ3) is 5.49. The van der Waals surface area contributed by atoms with Crippen molar-refractivity contribution < 1.29 is 4.74 Å². The number of benzene rings is 2. The zero-order valence-corrected chi connectivity index (χ0v) is 24.1. The molecule has 39 heavy (non-hydrogen) atoms. The number of para-hydroxylation sites is 2. The van der Waals surface area contributed by atoms with Crippen molar-refractivity contribution in [3.63, 3.8) is 0 Å². The minimum absolute atomic E-state index is 0.0208. The average Bonchev–Trinajstić information content (AvgIpc) is 3.18. The number of nitrogen functional groups attached to an aromatic ring is 1. The predicted octanol–water partition coefficient (Wildman–Crippen LogP) is 3.56. The summed E-state index contributed by atoms with van der Waals surface area (Å²) in [7, 11) is 11.5. The van der Waals surface area contributed by atoms with E-state index in [-0.39, 0.29) is 11.7 Å². The number of nitrogens with two attached hydrogens (primary N) is 1. The standard InChI is InChI=1S/C28H39N9O2/c1-18(2)36-21-11-9-10-12-22(21)37(28(36)38)26-24(34(5)6)17-30-27(32-26)31-20-15-19(29)23(16-25(20)39-8)35(7)14-13-33(3)4/h9-12,15-18H,13-14,29H2,1-8H3,(H,30,31,32). The Labute approximate surface area is 229 Å². The second-order valence-electron chi connectivity index (χ2n) is 10.3. The van der Waals surface area contributed by atoms with Crippen molar-refractivity contribution in [1.29, 1.82) is 0 Å². The summed E-state index contributed by atoms with van der Waals surface area (Å²) in [5.41, 5.74) is 10.7. The Balaban J connectivity index is 1.80. The lowest BCUT2D eigenvalue weighted by Crippen LogP contribution is -2.29. The summed E-state index contributed by atoms with van der Waals surface area (Å²) in [6.07, 6.45) is 1.71. The van der Waals surface area contributed by atoms with E-state index in [4.69, 9.17) is 15.5 Å². The minimum Gasteiger partial charge on any atom is -0.494 e. The van der Waals surface area contributed by atoms with Gasteiger partial charge in [0.1, 0.15) is 5.75 Å². The summed E-state index contributed by atoms with van der Waals surface area (Å²) in [5.74, 6) is 1.40. The largest absolute Gasteiger partial charge is 0.494 e. The Morgan fingerprint density at radius 3 is 2.33 bits per heavy atom. The molecule has 4 rings (SSSR count). The van der Waals surface area contributed by atoms with Crippen LogP contribution in [0.15, 0.2) is 47.4 Å². The molecule has 4 aromatic rings. The molecule has 0 fully saturated rings. The zero-order valence-electron chi connectivity index (χ0n) is 24.1. The number of imidazole rings is 1. The van der Waals surface area contributed by atoms with Gasteiger partial charge in [-0.25, -0.2) is 14.3 Å². The second-order valence-corrected chi connectivity index (χ2v) is 10.3. The van der Waals surface area contributed by atoms with Crippen LogP contribution in [0.1, 0.15) is 19.9 Å². The fourth-order valence-electron chi connectivity index (χ4n) is 4.56. The number of rotatable bonds is 10. The number of fused-ring (bicyclic) bond motifs is 1. The van der Waals surface area contributed by atoms with Gasteiger partial charge in [-0.05, 0) is 46.1 Å². The lowest BCUT2D eigenvalue weighted by molar-refractivity contribution is 0.413. The molecule has 0 atom stereocenters. The van der Waals surface area contributed by atoms with Crippen molar-refractivity contribution in [3.05, 3.63) is 53.1 Å². The normalized spacial score (nSPS) is 11.4. The molecule has 2 heterocycles. The number of aromatic nitrogens is 4. The van der Waals surface area contributed by atoms with Crippen LogP contribution < -0.4 is 31.3 Å². The first-order valence-electron chi connectivity index (χ1n) is 12.9. The van der Waals surface area contributed by atoms with Crippen LogP contribution in [0.3, 0.4) is 0 Å². The van der Waals surface area contributed by atoms with Crippen LogP contribution in [0.25, 0.3) is 16.9 Å². The van der Waals surface area contributed by atoms with E-state index in [1.165, 1.54) is 0 Å². The minimum atomic E-state index is -0.161. The van der Waals surface area contributed by atoms with Gasteiger partial charge in [0.15, 0.2) is 5.82 Å². The molecule has 3 N–H and O–H groups in total. The molecule has 208 valence electrons. The molecular formula is C28H39N9O2. The van der Waals surface area contributed by atoms with Gasteiger partial charge in [-0.1, -0.05) is 12.1 Å². The lowest BCUT2D eigenvalue weighted by atomic mass is 10.2. The highest BCUT2D eigenvalue weighted by atomic mass is 16.5. The highest BCUT2D eigenvalue weighted by Gasteiger charge is 2.22. The van der Waals surface area contributed by atoms with Crippen molar-refractivity contribution in [2.24, 2.45) is 0 Å². The number of hydrogen-bond donors (Lipinski definition) is 2. The van der Waals surface area contributed by atoms with E-state index in [0.717, 1.165) is 29.8 Å². The van der Waals surface area contributed by atoms with Crippen LogP contribution in [0.5, 0.6) is 5.75 Å². The van der Waals surface area contributed by atoms with Gasteiger partial charge in [-0.2, -0.15) is 4.98 Å². The summed E-state index contributed by atoms with van der Waals surface area (Å²) in [6.45, 7) is 5.69. The van der Waals surface area contributed by atoms with Crippen LogP contribution in [-0.4, -0.2) is 79.4 Å². The van der Waals surface area contributed by atoms with E-state index in [1.54, 1.807) is 22.4 Å². The molecular weight excluding hydrogens is 494 g/mol. The number of ether oxygens (including phenoxy) is 1. The molecule has 2 aromatic heterocycles. The van der Waals surface area contributed by atoms with Crippen molar-refractivity contribution >= 4 is 39.7 Å². The third-order valence-corrected chi connectivity index (χ3v) is 6.63. The van der Waals surface area contributed by atoms with Crippen LogP contribution in [-0.2, 0) is 0 Å². The third-order valence-electron chi connectivity index (χ3n) is 6.63. The highest BCUT2D eigenvalue weighted by molar-refractivity contribution is 5.81. The van der Waals surface area contributed by atoms with Crippen molar-refractivity contribution in [3.8, 4) is 11.6 Å². The van der Waals surface area contributed by atoms with Gasteiger partial charge >= 0.3 is 5.69 Å². The van der Waals surface area contributed by atoms with Crippen LogP contribution in [0, 0.1) is 0 Å². The quantitative estimate of drug-likeness (QED) is 0.296.